The lowest BCUT2D eigenvalue weighted by Crippen LogP contribution is -2.26. The first-order chi connectivity index (χ1) is 9.06. The van der Waals surface area contributed by atoms with Crippen LogP contribution >= 0.6 is 15.9 Å². The van der Waals surface area contributed by atoms with Crippen LogP contribution in [-0.4, -0.2) is 20.7 Å². The van der Waals surface area contributed by atoms with E-state index in [4.69, 9.17) is 0 Å². The van der Waals surface area contributed by atoms with E-state index in [1.54, 1.807) is 0 Å². The maximum absolute atomic E-state index is 11.8. The standard InChI is InChI=1S/C13H15BrN4O/c1-9-16-17-12(18(9)2)8-15-13(19)7-10-4-3-5-11(14)6-10/h3-6H,7-8H2,1-2H3,(H,15,19). The summed E-state index contributed by atoms with van der Waals surface area (Å²) in [7, 11) is 1.88. The first kappa shape index (κ1) is 13.7. The third-order valence-electron chi connectivity index (χ3n) is 2.88. The summed E-state index contributed by atoms with van der Waals surface area (Å²) >= 11 is 3.39. The molecule has 6 heteroatoms. The lowest BCUT2D eigenvalue weighted by molar-refractivity contribution is -0.120. The van der Waals surface area contributed by atoms with Crippen LogP contribution in [0.25, 0.3) is 0 Å². The Hall–Kier alpha value is -1.69. The van der Waals surface area contributed by atoms with Gasteiger partial charge in [0.15, 0.2) is 5.82 Å². The summed E-state index contributed by atoms with van der Waals surface area (Å²) in [5.74, 6) is 1.55. The van der Waals surface area contributed by atoms with E-state index in [9.17, 15) is 4.79 Å². The van der Waals surface area contributed by atoms with Crippen LogP contribution < -0.4 is 5.32 Å². The van der Waals surface area contributed by atoms with Gasteiger partial charge in [-0.25, -0.2) is 0 Å². The maximum Gasteiger partial charge on any atom is 0.224 e. The molecule has 5 nitrogen and oxygen atoms in total. The molecule has 0 aliphatic heterocycles. The molecule has 0 unspecified atom stereocenters. The molecule has 19 heavy (non-hydrogen) atoms. The van der Waals surface area contributed by atoms with Crippen molar-refractivity contribution < 1.29 is 4.79 Å². The summed E-state index contributed by atoms with van der Waals surface area (Å²) in [6.07, 6.45) is 0.357. The average Bonchev–Trinajstić information content (AvgIpc) is 2.68. The van der Waals surface area contributed by atoms with E-state index in [-0.39, 0.29) is 5.91 Å². The third-order valence-corrected chi connectivity index (χ3v) is 3.37. The smallest absolute Gasteiger partial charge is 0.224 e. The predicted octanol–water partition coefficient (Wildman–Crippen LogP) is 1.74. The topological polar surface area (TPSA) is 59.8 Å². The summed E-state index contributed by atoms with van der Waals surface area (Å²) in [5, 5.41) is 10.8. The van der Waals surface area contributed by atoms with Gasteiger partial charge >= 0.3 is 0 Å². The quantitative estimate of drug-likeness (QED) is 0.932. The molecule has 1 N–H and O–H groups in total. The molecule has 1 aromatic carbocycles. The summed E-state index contributed by atoms with van der Waals surface area (Å²) < 4.78 is 2.83. The Morgan fingerprint density at radius 1 is 1.42 bits per heavy atom. The van der Waals surface area contributed by atoms with Crippen LogP contribution in [0.15, 0.2) is 28.7 Å². The van der Waals surface area contributed by atoms with Crippen LogP contribution in [-0.2, 0) is 24.8 Å². The molecule has 2 aromatic rings. The molecular formula is C13H15BrN4O. The number of nitrogens with zero attached hydrogens (tertiary/aromatic N) is 3. The van der Waals surface area contributed by atoms with Crippen molar-refractivity contribution in [3.8, 4) is 0 Å². The van der Waals surface area contributed by atoms with Crippen LogP contribution in [0.1, 0.15) is 17.2 Å². The minimum absolute atomic E-state index is 0.0289. The van der Waals surface area contributed by atoms with E-state index in [0.717, 1.165) is 21.7 Å². The van der Waals surface area contributed by atoms with Crippen molar-refractivity contribution >= 4 is 21.8 Å². The Morgan fingerprint density at radius 2 is 2.21 bits per heavy atom. The maximum atomic E-state index is 11.8. The van der Waals surface area contributed by atoms with Crippen molar-refractivity contribution in [2.75, 3.05) is 0 Å². The monoisotopic (exact) mass is 322 g/mol. The van der Waals surface area contributed by atoms with Crippen LogP contribution in [0.4, 0.5) is 0 Å². The second kappa shape index (κ2) is 5.97. The van der Waals surface area contributed by atoms with E-state index in [1.165, 1.54) is 0 Å². The van der Waals surface area contributed by atoms with E-state index in [1.807, 2.05) is 42.8 Å². The molecule has 0 spiro atoms. The van der Waals surface area contributed by atoms with E-state index in [2.05, 4.69) is 31.4 Å². The third kappa shape index (κ3) is 3.64. The predicted molar refractivity (Wildman–Crippen MR) is 75.4 cm³/mol. The lowest BCUT2D eigenvalue weighted by atomic mass is 10.1. The zero-order chi connectivity index (χ0) is 13.8. The Kier molecular flexibility index (Phi) is 4.31. The van der Waals surface area contributed by atoms with Crippen LogP contribution in [0.3, 0.4) is 0 Å². The van der Waals surface area contributed by atoms with Crippen molar-refractivity contribution in [3.05, 3.63) is 46.0 Å². The lowest BCUT2D eigenvalue weighted by Gasteiger charge is -2.05. The number of benzene rings is 1. The van der Waals surface area contributed by atoms with Crippen LogP contribution in [0.5, 0.6) is 0 Å². The normalized spacial score (nSPS) is 10.5. The largest absolute Gasteiger partial charge is 0.349 e. The second-order valence-corrected chi connectivity index (χ2v) is 5.22. The first-order valence-corrected chi connectivity index (χ1v) is 6.71. The van der Waals surface area contributed by atoms with Gasteiger partial charge in [-0.15, -0.1) is 10.2 Å². The molecule has 2 rings (SSSR count). The molecule has 0 radical (unpaired) electrons. The fourth-order valence-corrected chi connectivity index (χ4v) is 2.12. The molecule has 0 saturated carbocycles. The van der Waals surface area contributed by atoms with Gasteiger partial charge in [0, 0.05) is 11.5 Å². The minimum atomic E-state index is -0.0289. The van der Waals surface area contributed by atoms with Crippen molar-refractivity contribution in [3.63, 3.8) is 0 Å². The van der Waals surface area contributed by atoms with E-state index in [0.29, 0.717) is 13.0 Å². The zero-order valence-corrected chi connectivity index (χ0v) is 12.4. The van der Waals surface area contributed by atoms with Crippen molar-refractivity contribution in [1.82, 2.24) is 20.1 Å². The first-order valence-electron chi connectivity index (χ1n) is 5.92. The molecule has 1 heterocycles. The van der Waals surface area contributed by atoms with E-state index >= 15 is 0 Å². The number of carbonyl (C=O) groups is 1. The zero-order valence-electron chi connectivity index (χ0n) is 10.9. The number of halogens is 1. The molecule has 0 bridgehead atoms. The molecule has 1 aromatic heterocycles. The second-order valence-electron chi connectivity index (χ2n) is 4.31. The van der Waals surface area contributed by atoms with Crippen LogP contribution in [0.2, 0.25) is 0 Å². The van der Waals surface area contributed by atoms with Crippen molar-refractivity contribution in [1.29, 1.82) is 0 Å². The number of carbonyl (C=O) groups excluding carboxylic acids is 1. The Bertz CT molecular complexity index is 594. The van der Waals surface area contributed by atoms with Gasteiger partial charge in [0.25, 0.3) is 0 Å². The van der Waals surface area contributed by atoms with E-state index < -0.39 is 0 Å². The SMILES string of the molecule is Cc1nnc(CNC(=O)Cc2cccc(Br)c2)n1C. The van der Waals surface area contributed by atoms with Gasteiger partial charge in [0.2, 0.25) is 5.91 Å². The number of hydrogen-bond donors (Lipinski definition) is 1. The van der Waals surface area contributed by atoms with Gasteiger partial charge in [0.05, 0.1) is 13.0 Å². The fourth-order valence-electron chi connectivity index (χ4n) is 1.68. The molecule has 100 valence electrons. The number of amides is 1. The van der Waals surface area contributed by atoms with Crippen molar-refractivity contribution in [2.24, 2.45) is 7.05 Å². The minimum Gasteiger partial charge on any atom is -0.349 e. The number of nitrogens with one attached hydrogen (secondary N) is 1. The number of aromatic nitrogens is 3. The Labute approximate surface area is 120 Å². The highest BCUT2D eigenvalue weighted by atomic mass is 79.9. The average molecular weight is 323 g/mol. The van der Waals surface area contributed by atoms with Gasteiger partial charge in [-0.2, -0.15) is 0 Å². The van der Waals surface area contributed by atoms with Crippen molar-refractivity contribution in [2.45, 2.75) is 19.9 Å². The number of rotatable bonds is 4. The molecule has 1 amide bonds. The van der Waals surface area contributed by atoms with Gasteiger partial charge < -0.3 is 9.88 Å². The fraction of sp³-hybridized carbons (Fsp3) is 0.308. The van der Waals surface area contributed by atoms with Gasteiger partial charge in [-0.05, 0) is 24.6 Å². The number of hydrogen-bond acceptors (Lipinski definition) is 3. The molecule has 0 atom stereocenters. The molecule has 0 aliphatic carbocycles. The molecular weight excluding hydrogens is 308 g/mol. The summed E-state index contributed by atoms with van der Waals surface area (Å²) in [5.41, 5.74) is 0.973. The summed E-state index contributed by atoms with van der Waals surface area (Å²) in [6.45, 7) is 2.27. The highest BCUT2D eigenvalue weighted by Gasteiger charge is 2.08. The molecule has 0 aliphatic rings. The summed E-state index contributed by atoms with van der Waals surface area (Å²) in [6, 6.07) is 7.71. The Morgan fingerprint density at radius 3 is 2.84 bits per heavy atom. The van der Waals surface area contributed by atoms with Gasteiger partial charge in [0.1, 0.15) is 5.82 Å². The van der Waals surface area contributed by atoms with Gasteiger partial charge in [-0.1, -0.05) is 28.1 Å². The van der Waals surface area contributed by atoms with Gasteiger partial charge in [-0.3, -0.25) is 4.79 Å². The summed E-state index contributed by atoms with van der Waals surface area (Å²) in [4.78, 5) is 11.8. The highest BCUT2D eigenvalue weighted by Crippen LogP contribution is 2.12. The Balaban J connectivity index is 1.90. The van der Waals surface area contributed by atoms with Crippen LogP contribution in [0, 0.1) is 6.92 Å². The highest BCUT2D eigenvalue weighted by molar-refractivity contribution is 9.10. The molecule has 0 saturated heterocycles. The number of aryl methyl sites for hydroxylation is 1. The molecule has 0 fully saturated rings.